The molecule has 114 valence electrons. The van der Waals surface area contributed by atoms with Crippen LogP contribution in [-0.4, -0.2) is 65.1 Å². The third-order valence-corrected chi connectivity index (χ3v) is 4.18. The van der Waals surface area contributed by atoms with Crippen LogP contribution in [0.4, 0.5) is 0 Å². The van der Waals surface area contributed by atoms with Gasteiger partial charge in [-0.2, -0.15) is 0 Å². The summed E-state index contributed by atoms with van der Waals surface area (Å²) in [5.41, 5.74) is 0. The molecule has 0 heterocycles. The van der Waals surface area contributed by atoms with E-state index in [9.17, 15) is 28.3 Å². The van der Waals surface area contributed by atoms with Crippen LogP contribution >= 0.6 is 0 Å². The molecule has 1 saturated carbocycles. The zero-order chi connectivity index (χ0) is 14.6. The smallest absolute Gasteiger partial charge is 0.748 e. The van der Waals surface area contributed by atoms with Gasteiger partial charge in [-0.1, -0.05) is 13.3 Å². The van der Waals surface area contributed by atoms with Gasteiger partial charge < -0.3 is 24.6 Å². The molecule has 1 aliphatic carbocycles. The summed E-state index contributed by atoms with van der Waals surface area (Å²) in [5, 5.41) is 29.1. The zero-order valence-electron chi connectivity index (χ0n) is 11.8. The molecule has 9 heteroatoms. The second kappa shape index (κ2) is 9.02. The van der Waals surface area contributed by atoms with Gasteiger partial charge in [0.05, 0.1) is 22.3 Å². The molecule has 0 aromatic carbocycles. The third kappa shape index (κ3) is 6.25. The maximum Gasteiger partial charge on any atom is 1.00 e. The van der Waals surface area contributed by atoms with Gasteiger partial charge in [-0.25, -0.2) is 8.42 Å². The van der Waals surface area contributed by atoms with Gasteiger partial charge in [0, 0.05) is 18.3 Å². The fraction of sp³-hybridized carbons (Fsp3) is 1.00. The molecule has 0 saturated heterocycles. The fourth-order valence-electron chi connectivity index (χ4n) is 2.25. The van der Waals surface area contributed by atoms with E-state index in [1.807, 2.05) is 6.92 Å². The van der Waals surface area contributed by atoms with Crippen molar-refractivity contribution in [2.45, 2.75) is 50.6 Å². The predicted octanol–water partition coefficient (Wildman–Crippen LogP) is -4.18. The van der Waals surface area contributed by atoms with Gasteiger partial charge in [-0.15, -0.1) is 0 Å². The van der Waals surface area contributed by atoms with Gasteiger partial charge >= 0.3 is 29.6 Å². The number of hydrogen-bond acceptors (Lipinski definition) is 7. The Balaban J connectivity index is 0.00000361. The maximum atomic E-state index is 10.7. The van der Waals surface area contributed by atoms with E-state index in [2.05, 4.69) is 0 Å². The average molecular weight is 320 g/mol. The van der Waals surface area contributed by atoms with Crippen molar-refractivity contribution in [2.75, 3.05) is 12.4 Å². The van der Waals surface area contributed by atoms with Gasteiger partial charge in [-0.3, -0.25) is 0 Å². The number of aliphatic hydroxyl groups is 3. The molecule has 0 amide bonds. The van der Waals surface area contributed by atoms with E-state index in [1.54, 1.807) is 0 Å². The summed E-state index contributed by atoms with van der Waals surface area (Å²) in [4.78, 5) is 0. The minimum Gasteiger partial charge on any atom is -0.748 e. The van der Waals surface area contributed by atoms with Crippen LogP contribution in [0.25, 0.3) is 0 Å². The van der Waals surface area contributed by atoms with Gasteiger partial charge in [0.2, 0.25) is 0 Å². The summed E-state index contributed by atoms with van der Waals surface area (Å²) < 4.78 is 37.6. The van der Waals surface area contributed by atoms with E-state index in [0.29, 0.717) is 6.61 Å². The van der Waals surface area contributed by atoms with Crippen LogP contribution in [0.2, 0.25) is 0 Å². The summed E-state index contributed by atoms with van der Waals surface area (Å²) in [5.74, 6) is -1.70. The fourth-order valence-corrected chi connectivity index (χ4v) is 3.11. The van der Waals surface area contributed by atoms with Gasteiger partial charge in [0.1, 0.15) is 12.2 Å². The number of aliphatic hydroxyl groups excluding tert-OH is 3. The van der Waals surface area contributed by atoms with E-state index < -0.39 is 46.2 Å². The van der Waals surface area contributed by atoms with Crippen LogP contribution in [-0.2, 0) is 14.9 Å². The van der Waals surface area contributed by atoms with Crippen LogP contribution in [0.5, 0.6) is 0 Å². The van der Waals surface area contributed by atoms with Crippen molar-refractivity contribution in [1.29, 1.82) is 0 Å². The normalized spacial score (nSPS) is 34.5. The van der Waals surface area contributed by atoms with Crippen LogP contribution in [0.3, 0.4) is 0 Å². The largest absolute Gasteiger partial charge is 1.00 e. The molecule has 0 aromatic heterocycles. The van der Waals surface area contributed by atoms with E-state index in [4.69, 9.17) is 4.74 Å². The molecular weight excluding hydrogens is 299 g/mol. The first-order valence-electron chi connectivity index (χ1n) is 6.35. The van der Waals surface area contributed by atoms with E-state index in [1.165, 1.54) is 0 Å². The standard InChI is InChI=1S/C11H22O7S.Na/c1-2-3-4-18-8-5-7(6-19(15,16)17)9(12)11(14)10(8)13;/h7-14H,2-6H2,1H3,(H,15,16,17);/q;+1/p-1/t7-,8-,9-,10+,11+;/m1./s1. The molecule has 1 rings (SSSR count). The second-order valence-electron chi connectivity index (χ2n) is 4.95. The summed E-state index contributed by atoms with van der Waals surface area (Å²) in [6.07, 6.45) is -3.30. The number of ether oxygens (including phenoxy) is 1. The maximum absolute atomic E-state index is 10.7. The molecule has 0 unspecified atom stereocenters. The van der Waals surface area contributed by atoms with Crippen molar-refractivity contribution in [2.24, 2.45) is 5.92 Å². The van der Waals surface area contributed by atoms with E-state index >= 15 is 0 Å². The Bertz CT molecular complexity index is 375. The van der Waals surface area contributed by atoms with Crippen molar-refractivity contribution in [3.8, 4) is 0 Å². The molecule has 3 N–H and O–H groups in total. The van der Waals surface area contributed by atoms with Crippen molar-refractivity contribution in [3.63, 3.8) is 0 Å². The van der Waals surface area contributed by atoms with Crippen molar-refractivity contribution in [1.82, 2.24) is 0 Å². The quantitative estimate of drug-likeness (QED) is 0.257. The van der Waals surface area contributed by atoms with Crippen LogP contribution in [0.15, 0.2) is 0 Å². The first kappa shape index (κ1) is 20.8. The molecule has 0 radical (unpaired) electrons. The number of hydrogen-bond donors (Lipinski definition) is 3. The van der Waals surface area contributed by atoms with Gasteiger partial charge in [0.25, 0.3) is 0 Å². The Morgan fingerprint density at radius 2 is 1.80 bits per heavy atom. The SMILES string of the molecule is CCCCO[C@@H]1C[C@H](CS(=O)(=O)[O-])[C@@H](O)[C@H](O)[C@H]1O.[Na+]. The molecular formula is C11H21NaO7S. The third-order valence-electron chi connectivity index (χ3n) is 3.35. The van der Waals surface area contributed by atoms with Crippen LogP contribution in [0.1, 0.15) is 26.2 Å². The predicted molar refractivity (Wildman–Crippen MR) is 65.3 cm³/mol. The second-order valence-corrected chi connectivity index (χ2v) is 6.40. The molecule has 1 fully saturated rings. The molecule has 7 nitrogen and oxygen atoms in total. The van der Waals surface area contributed by atoms with Crippen molar-refractivity contribution >= 4 is 10.1 Å². The average Bonchev–Trinajstić information content (AvgIpc) is 2.30. The summed E-state index contributed by atoms with van der Waals surface area (Å²) in [6.45, 7) is 2.34. The molecule has 0 spiro atoms. The van der Waals surface area contributed by atoms with E-state index in [-0.39, 0.29) is 36.0 Å². The Morgan fingerprint density at radius 3 is 2.30 bits per heavy atom. The Morgan fingerprint density at radius 1 is 1.20 bits per heavy atom. The summed E-state index contributed by atoms with van der Waals surface area (Å²) in [6, 6.07) is 0. The topological polar surface area (TPSA) is 127 Å². The molecule has 5 atom stereocenters. The van der Waals surface area contributed by atoms with Crippen molar-refractivity contribution in [3.05, 3.63) is 0 Å². The summed E-state index contributed by atoms with van der Waals surface area (Å²) >= 11 is 0. The van der Waals surface area contributed by atoms with Gasteiger partial charge in [0.15, 0.2) is 0 Å². The van der Waals surface area contributed by atoms with Crippen molar-refractivity contribution < 1.29 is 62.6 Å². The molecule has 0 aliphatic heterocycles. The zero-order valence-corrected chi connectivity index (χ0v) is 14.6. The molecule has 0 bridgehead atoms. The monoisotopic (exact) mass is 320 g/mol. The minimum atomic E-state index is -4.50. The number of rotatable bonds is 6. The minimum absolute atomic E-state index is 0. The molecule has 20 heavy (non-hydrogen) atoms. The van der Waals surface area contributed by atoms with E-state index in [0.717, 1.165) is 12.8 Å². The molecule has 0 aromatic rings. The Kier molecular flexibility index (Phi) is 9.35. The van der Waals surface area contributed by atoms with Crippen LogP contribution in [0, 0.1) is 5.92 Å². The summed E-state index contributed by atoms with van der Waals surface area (Å²) in [7, 11) is -4.50. The first-order chi connectivity index (χ1) is 8.76. The Hall–Kier alpha value is 0.750. The molecule has 1 aliphatic rings. The number of unbranched alkanes of at least 4 members (excludes halogenated alkanes) is 1. The Labute approximate surface area is 141 Å². The van der Waals surface area contributed by atoms with Crippen LogP contribution < -0.4 is 29.6 Å². The van der Waals surface area contributed by atoms with Gasteiger partial charge in [-0.05, 0) is 12.8 Å². The first-order valence-corrected chi connectivity index (χ1v) is 7.93.